The van der Waals surface area contributed by atoms with E-state index in [1.165, 1.54) is 6.33 Å². The molecule has 9 heteroatoms. The average Bonchev–Trinajstić information content (AvgIpc) is 2.75. The van der Waals surface area contributed by atoms with E-state index in [-0.39, 0.29) is 36.2 Å². The minimum Gasteiger partial charge on any atom is -0.475 e. The molecule has 3 rings (SSSR count). The number of aliphatic hydroxyl groups excluding tert-OH is 1. The molecule has 7 nitrogen and oxygen atoms in total. The third kappa shape index (κ3) is 6.18. The summed E-state index contributed by atoms with van der Waals surface area (Å²) in [6.07, 6.45) is 2.33. The SMILES string of the molecule is CC(C)Cc1ccc(S(=O)(=O)Nc2ncnc(OCCO)c2Cc2ccccc2Cl)cc1. The minimum absolute atomic E-state index is 0.00996. The number of halogens is 1. The number of anilines is 1. The van der Waals surface area contributed by atoms with Crippen LogP contribution >= 0.6 is 11.6 Å². The van der Waals surface area contributed by atoms with Crippen molar-refractivity contribution in [3.8, 4) is 5.88 Å². The number of aromatic nitrogens is 2. The molecule has 0 spiro atoms. The first-order chi connectivity index (χ1) is 15.3. The Labute approximate surface area is 193 Å². The molecule has 0 saturated carbocycles. The van der Waals surface area contributed by atoms with Crippen LogP contribution in [0.4, 0.5) is 5.82 Å². The molecular formula is C23H26ClN3O4S. The van der Waals surface area contributed by atoms with E-state index in [9.17, 15) is 8.42 Å². The Kier molecular flexibility index (Phi) is 8.06. The van der Waals surface area contributed by atoms with Gasteiger partial charge in [-0.1, -0.05) is 55.8 Å². The predicted molar refractivity (Wildman–Crippen MR) is 125 cm³/mol. The van der Waals surface area contributed by atoms with Crippen LogP contribution in [-0.2, 0) is 22.9 Å². The zero-order valence-corrected chi connectivity index (χ0v) is 19.5. The van der Waals surface area contributed by atoms with Gasteiger partial charge >= 0.3 is 0 Å². The van der Waals surface area contributed by atoms with Crippen molar-refractivity contribution in [3.05, 3.63) is 76.6 Å². The van der Waals surface area contributed by atoms with E-state index in [4.69, 9.17) is 21.4 Å². The van der Waals surface area contributed by atoms with Crippen molar-refractivity contribution in [1.82, 2.24) is 9.97 Å². The van der Waals surface area contributed by atoms with Crippen LogP contribution in [0.15, 0.2) is 59.8 Å². The van der Waals surface area contributed by atoms with Gasteiger partial charge in [0.15, 0.2) is 5.82 Å². The highest BCUT2D eigenvalue weighted by Gasteiger charge is 2.21. The van der Waals surface area contributed by atoms with Gasteiger partial charge in [0.25, 0.3) is 10.0 Å². The summed E-state index contributed by atoms with van der Waals surface area (Å²) in [5, 5.41) is 9.66. The highest BCUT2D eigenvalue weighted by atomic mass is 35.5. The fourth-order valence-corrected chi connectivity index (χ4v) is 4.45. The molecular weight excluding hydrogens is 450 g/mol. The molecule has 0 saturated heterocycles. The van der Waals surface area contributed by atoms with E-state index in [2.05, 4.69) is 28.5 Å². The Bertz CT molecular complexity index is 1150. The Morgan fingerprint density at radius 2 is 1.81 bits per heavy atom. The molecule has 32 heavy (non-hydrogen) atoms. The Balaban J connectivity index is 1.94. The highest BCUT2D eigenvalue weighted by Crippen LogP contribution is 2.29. The number of nitrogens with one attached hydrogen (secondary N) is 1. The number of nitrogens with zero attached hydrogens (tertiary/aromatic N) is 2. The summed E-state index contributed by atoms with van der Waals surface area (Å²) in [5.74, 6) is 0.749. The second-order valence-electron chi connectivity index (χ2n) is 7.69. The van der Waals surface area contributed by atoms with Crippen LogP contribution in [0.1, 0.15) is 30.5 Å². The fourth-order valence-electron chi connectivity index (χ4n) is 3.20. The number of benzene rings is 2. The third-order valence-electron chi connectivity index (χ3n) is 4.67. The first-order valence-corrected chi connectivity index (χ1v) is 12.1. The van der Waals surface area contributed by atoms with Crippen molar-refractivity contribution < 1.29 is 18.3 Å². The van der Waals surface area contributed by atoms with E-state index in [1.807, 2.05) is 30.3 Å². The van der Waals surface area contributed by atoms with Crippen LogP contribution in [0.5, 0.6) is 5.88 Å². The molecule has 0 aliphatic rings. The van der Waals surface area contributed by atoms with Crippen LogP contribution in [0, 0.1) is 5.92 Å². The van der Waals surface area contributed by atoms with Gasteiger partial charge in [-0.25, -0.2) is 18.4 Å². The molecule has 2 N–H and O–H groups in total. The number of hydrogen-bond donors (Lipinski definition) is 2. The number of hydrogen-bond acceptors (Lipinski definition) is 6. The van der Waals surface area contributed by atoms with Crippen molar-refractivity contribution in [3.63, 3.8) is 0 Å². The summed E-state index contributed by atoms with van der Waals surface area (Å²) in [6.45, 7) is 4.02. The molecule has 1 heterocycles. The second-order valence-corrected chi connectivity index (χ2v) is 9.78. The normalized spacial score (nSPS) is 11.5. The van der Waals surface area contributed by atoms with Crippen LogP contribution in [0.3, 0.4) is 0 Å². The molecule has 0 radical (unpaired) electrons. The van der Waals surface area contributed by atoms with Gasteiger partial charge in [0.2, 0.25) is 5.88 Å². The summed E-state index contributed by atoms with van der Waals surface area (Å²) in [6, 6.07) is 14.0. The van der Waals surface area contributed by atoms with Crippen molar-refractivity contribution >= 4 is 27.4 Å². The van der Waals surface area contributed by atoms with E-state index < -0.39 is 10.0 Å². The Hall–Kier alpha value is -2.68. The van der Waals surface area contributed by atoms with E-state index >= 15 is 0 Å². The van der Waals surface area contributed by atoms with Gasteiger partial charge in [-0.3, -0.25) is 4.72 Å². The summed E-state index contributed by atoms with van der Waals surface area (Å²) >= 11 is 6.30. The standard InChI is InChI=1S/C23H26ClN3O4S/c1-16(2)13-17-7-9-19(10-8-17)32(29,30)27-22-20(14-18-5-3-4-6-21(18)24)23(26-15-25-22)31-12-11-28/h3-10,15-16,28H,11-14H2,1-2H3,(H,25,26,27). The lowest BCUT2D eigenvalue weighted by molar-refractivity contribution is 0.195. The van der Waals surface area contributed by atoms with Crippen molar-refractivity contribution in [1.29, 1.82) is 0 Å². The molecule has 3 aromatic rings. The zero-order valence-electron chi connectivity index (χ0n) is 18.0. The quantitative estimate of drug-likeness (QED) is 0.458. The van der Waals surface area contributed by atoms with Crippen LogP contribution in [-0.4, -0.2) is 36.7 Å². The van der Waals surface area contributed by atoms with Gasteiger partial charge in [0.05, 0.1) is 17.1 Å². The molecule has 0 unspecified atom stereocenters. The Morgan fingerprint density at radius 3 is 2.47 bits per heavy atom. The van der Waals surface area contributed by atoms with Crippen molar-refractivity contribution in [2.24, 2.45) is 5.92 Å². The molecule has 0 fully saturated rings. The summed E-state index contributed by atoms with van der Waals surface area (Å²) in [5.41, 5.74) is 2.26. The zero-order chi connectivity index (χ0) is 23.1. The predicted octanol–water partition coefficient (Wildman–Crippen LogP) is 4.09. The Morgan fingerprint density at radius 1 is 1.09 bits per heavy atom. The molecule has 2 aromatic carbocycles. The fraction of sp³-hybridized carbons (Fsp3) is 0.304. The van der Waals surface area contributed by atoms with E-state index in [1.54, 1.807) is 18.2 Å². The van der Waals surface area contributed by atoms with Crippen molar-refractivity contribution in [2.75, 3.05) is 17.9 Å². The maximum absolute atomic E-state index is 13.1. The summed E-state index contributed by atoms with van der Waals surface area (Å²) in [7, 11) is -3.90. The smallest absolute Gasteiger partial charge is 0.263 e. The van der Waals surface area contributed by atoms with Crippen LogP contribution in [0.2, 0.25) is 5.02 Å². The second kappa shape index (κ2) is 10.8. The lowest BCUT2D eigenvalue weighted by Gasteiger charge is -2.16. The number of sulfonamides is 1. The van der Waals surface area contributed by atoms with Crippen LogP contribution < -0.4 is 9.46 Å². The minimum atomic E-state index is -3.90. The molecule has 170 valence electrons. The molecule has 0 aliphatic carbocycles. The van der Waals surface area contributed by atoms with Crippen molar-refractivity contribution in [2.45, 2.75) is 31.6 Å². The average molecular weight is 476 g/mol. The molecule has 0 aliphatic heterocycles. The van der Waals surface area contributed by atoms with E-state index in [0.29, 0.717) is 16.5 Å². The largest absolute Gasteiger partial charge is 0.475 e. The molecule has 0 atom stereocenters. The van der Waals surface area contributed by atoms with Gasteiger partial charge in [0, 0.05) is 11.4 Å². The number of ether oxygens (including phenoxy) is 1. The van der Waals surface area contributed by atoms with Gasteiger partial charge in [-0.15, -0.1) is 0 Å². The first-order valence-electron chi connectivity index (χ1n) is 10.2. The highest BCUT2D eigenvalue weighted by molar-refractivity contribution is 7.92. The van der Waals surface area contributed by atoms with E-state index in [0.717, 1.165) is 17.5 Å². The lowest BCUT2D eigenvalue weighted by Crippen LogP contribution is -2.17. The number of rotatable bonds is 10. The van der Waals surface area contributed by atoms with Gasteiger partial charge in [-0.2, -0.15) is 0 Å². The topological polar surface area (TPSA) is 101 Å². The van der Waals surface area contributed by atoms with Crippen LogP contribution in [0.25, 0.3) is 0 Å². The number of aliphatic hydroxyl groups is 1. The van der Waals surface area contributed by atoms with Gasteiger partial charge in [-0.05, 0) is 41.7 Å². The molecule has 1 aromatic heterocycles. The first kappa shape index (κ1) is 24.0. The summed E-state index contributed by atoms with van der Waals surface area (Å²) in [4.78, 5) is 8.41. The summed E-state index contributed by atoms with van der Waals surface area (Å²) < 4.78 is 34.2. The lowest BCUT2D eigenvalue weighted by atomic mass is 10.0. The third-order valence-corrected chi connectivity index (χ3v) is 6.39. The molecule has 0 bridgehead atoms. The van der Waals surface area contributed by atoms with Gasteiger partial charge in [0.1, 0.15) is 12.9 Å². The van der Waals surface area contributed by atoms with Gasteiger partial charge < -0.3 is 9.84 Å². The maximum Gasteiger partial charge on any atom is 0.263 e. The molecule has 0 amide bonds. The monoisotopic (exact) mass is 475 g/mol. The maximum atomic E-state index is 13.1.